The zero-order valence-electron chi connectivity index (χ0n) is 12.8. The molecule has 7 heteroatoms. The van der Waals surface area contributed by atoms with Crippen molar-refractivity contribution < 1.29 is 13.2 Å². The van der Waals surface area contributed by atoms with Crippen molar-refractivity contribution in [3.8, 4) is 0 Å². The maximum absolute atomic E-state index is 12.7. The molecule has 2 unspecified atom stereocenters. The molecule has 1 aromatic rings. The molecule has 1 fully saturated rings. The summed E-state index contributed by atoms with van der Waals surface area (Å²) in [6.45, 7) is 8.44. The predicted octanol–water partition coefficient (Wildman–Crippen LogP) is 2.05. The molecule has 5 nitrogen and oxygen atoms in total. The quantitative estimate of drug-likeness (QED) is 0.810. The Bertz CT molecular complexity index is 556. The van der Waals surface area contributed by atoms with Crippen molar-refractivity contribution in [1.29, 1.82) is 0 Å². The lowest BCUT2D eigenvalue weighted by Crippen LogP contribution is -2.49. The number of thiophene rings is 1. The molecular weight excluding hydrogens is 308 g/mol. The fourth-order valence-electron chi connectivity index (χ4n) is 2.32. The van der Waals surface area contributed by atoms with Crippen molar-refractivity contribution in [2.24, 2.45) is 0 Å². The molecule has 120 valence electrons. The molecule has 0 radical (unpaired) electrons. The maximum Gasteiger partial charge on any atom is 0.244 e. The summed E-state index contributed by atoms with van der Waals surface area (Å²) in [6.07, 6.45) is 1.01. The van der Waals surface area contributed by atoms with Crippen molar-refractivity contribution in [3.63, 3.8) is 0 Å². The number of nitrogens with zero attached hydrogens (tertiary/aromatic N) is 1. The Balaban J connectivity index is 2.11. The monoisotopic (exact) mass is 332 g/mol. The van der Waals surface area contributed by atoms with Crippen LogP contribution >= 0.6 is 11.3 Å². The molecule has 2 atom stereocenters. The molecule has 0 spiro atoms. The summed E-state index contributed by atoms with van der Waals surface area (Å²) in [6, 6.07) is 1.67. The van der Waals surface area contributed by atoms with E-state index >= 15 is 0 Å². The zero-order chi connectivity index (χ0) is 15.5. The van der Waals surface area contributed by atoms with Crippen LogP contribution in [0.5, 0.6) is 0 Å². The van der Waals surface area contributed by atoms with Gasteiger partial charge in [0.2, 0.25) is 10.0 Å². The van der Waals surface area contributed by atoms with E-state index in [-0.39, 0.29) is 12.1 Å². The van der Waals surface area contributed by atoms with Gasteiger partial charge in [-0.1, -0.05) is 6.92 Å². The van der Waals surface area contributed by atoms with Gasteiger partial charge in [0.25, 0.3) is 0 Å². The van der Waals surface area contributed by atoms with Crippen LogP contribution in [0, 0.1) is 0 Å². The van der Waals surface area contributed by atoms with E-state index in [1.807, 2.05) is 13.8 Å². The van der Waals surface area contributed by atoms with Crippen molar-refractivity contribution >= 4 is 21.4 Å². The first-order valence-electron chi connectivity index (χ1n) is 7.36. The number of ether oxygens (including phenoxy) is 1. The van der Waals surface area contributed by atoms with E-state index in [2.05, 4.69) is 12.2 Å². The predicted molar refractivity (Wildman–Crippen MR) is 85.1 cm³/mol. The minimum absolute atomic E-state index is 0.0553. The van der Waals surface area contributed by atoms with Gasteiger partial charge in [-0.3, -0.25) is 0 Å². The molecule has 2 heterocycles. The molecular formula is C14H24N2O3S2. The van der Waals surface area contributed by atoms with Crippen molar-refractivity contribution in [2.75, 3.05) is 19.7 Å². The Morgan fingerprint density at radius 3 is 2.95 bits per heavy atom. The molecule has 1 N–H and O–H groups in total. The molecule has 1 aliphatic heterocycles. The summed E-state index contributed by atoms with van der Waals surface area (Å²) >= 11 is 1.49. The average Bonchev–Trinajstić information content (AvgIpc) is 2.91. The van der Waals surface area contributed by atoms with E-state index in [1.54, 1.807) is 15.8 Å². The van der Waals surface area contributed by atoms with Gasteiger partial charge in [-0.15, -0.1) is 11.3 Å². The third-order valence-corrected chi connectivity index (χ3v) is 6.56. The number of morpholine rings is 1. The lowest BCUT2D eigenvalue weighted by atomic mass is 10.2. The van der Waals surface area contributed by atoms with E-state index < -0.39 is 10.0 Å². The second-order valence-corrected chi connectivity index (χ2v) is 8.38. The SMILES string of the molecule is CCCNCc1cc(S(=O)(=O)N2CC(C)OCC2C)cs1. The molecule has 0 aromatic carbocycles. The highest BCUT2D eigenvalue weighted by molar-refractivity contribution is 7.89. The van der Waals surface area contributed by atoms with Gasteiger partial charge < -0.3 is 10.1 Å². The number of hydrogen-bond acceptors (Lipinski definition) is 5. The van der Waals surface area contributed by atoms with Gasteiger partial charge in [0.15, 0.2) is 0 Å². The van der Waals surface area contributed by atoms with Crippen molar-refractivity contribution in [2.45, 2.75) is 50.8 Å². The Labute approximate surface area is 131 Å². The molecule has 2 rings (SSSR count). The highest BCUT2D eigenvalue weighted by Gasteiger charge is 2.34. The minimum atomic E-state index is -3.42. The van der Waals surface area contributed by atoms with Gasteiger partial charge in [-0.2, -0.15) is 4.31 Å². The summed E-state index contributed by atoms with van der Waals surface area (Å²) in [4.78, 5) is 1.46. The summed E-state index contributed by atoms with van der Waals surface area (Å²) in [5.74, 6) is 0. The van der Waals surface area contributed by atoms with Crippen LogP contribution in [0.1, 0.15) is 32.1 Å². The van der Waals surface area contributed by atoms with Gasteiger partial charge in [0.05, 0.1) is 17.6 Å². The van der Waals surface area contributed by atoms with Gasteiger partial charge in [-0.05, 0) is 32.9 Å². The first-order chi connectivity index (χ1) is 9.95. The van der Waals surface area contributed by atoms with Crippen LogP contribution in [-0.2, 0) is 21.3 Å². The molecule has 0 bridgehead atoms. The van der Waals surface area contributed by atoms with Crippen LogP contribution in [0.25, 0.3) is 0 Å². The Hall–Kier alpha value is -0.470. The van der Waals surface area contributed by atoms with Gasteiger partial charge in [-0.25, -0.2) is 8.42 Å². The largest absolute Gasteiger partial charge is 0.375 e. The minimum Gasteiger partial charge on any atom is -0.375 e. The lowest BCUT2D eigenvalue weighted by Gasteiger charge is -2.35. The first kappa shape index (κ1) is 16.9. The van der Waals surface area contributed by atoms with Crippen LogP contribution in [0.4, 0.5) is 0 Å². The van der Waals surface area contributed by atoms with Crippen LogP contribution < -0.4 is 5.32 Å². The molecule has 1 aromatic heterocycles. The Morgan fingerprint density at radius 2 is 2.24 bits per heavy atom. The van der Waals surface area contributed by atoms with Crippen molar-refractivity contribution in [1.82, 2.24) is 9.62 Å². The van der Waals surface area contributed by atoms with Crippen LogP contribution in [0.2, 0.25) is 0 Å². The number of hydrogen-bond donors (Lipinski definition) is 1. The Kier molecular flexibility index (Phi) is 5.79. The summed E-state index contributed by atoms with van der Waals surface area (Å²) < 4.78 is 32.6. The average molecular weight is 332 g/mol. The normalized spacial score (nSPS) is 24.3. The van der Waals surface area contributed by atoms with E-state index in [1.165, 1.54) is 11.3 Å². The highest BCUT2D eigenvalue weighted by Crippen LogP contribution is 2.26. The molecule has 0 aliphatic carbocycles. The van der Waals surface area contributed by atoms with E-state index in [0.717, 1.165) is 24.4 Å². The molecule has 1 aliphatic rings. The van der Waals surface area contributed by atoms with Gasteiger partial charge in [0.1, 0.15) is 0 Å². The number of nitrogens with one attached hydrogen (secondary N) is 1. The van der Waals surface area contributed by atoms with Crippen LogP contribution in [0.15, 0.2) is 16.3 Å². The Morgan fingerprint density at radius 1 is 1.48 bits per heavy atom. The van der Waals surface area contributed by atoms with Gasteiger partial charge in [0, 0.05) is 29.4 Å². The smallest absolute Gasteiger partial charge is 0.244 e. The molecule has 0 saturated carbocycles. The zero-order valence-corrected chi connectivity index (χ0v) is 14.5. The second-order valence-electron chi connectivity index (χ2n) is 5.49. The second kappa shape index (κ2) is 7.19. The standard InChI is InChI=1S/C14H24N2O3S2/c1-4-5-15-7-13-6-14(10-20-13)21(17,18)16-8-12(3)19-9-11(16)2/h6,10-12,15H,4-5,7-9H2,1-3H3. The maximum atomic E-state index is 12.7. The molecule has 21 heavy (non-hydrogen) atoms. The van der Waals surface area contributed by atoms with Crippen LogP contribution in [0.3, 0.4) is 0 Å². The van der Waals surface area contributed by atoms with Crippen LogP contribution in [-0.4, -0.2) is 44.6 Å². The molecule has 0 amide bonds. The summed E-state index contributed by atoms with van der Waals surface area (Å²) in [5.41, 5.74) is 0. The van der Waals surface area contributed by atoms with E-state index in [0.29, 0.717) is 18.0 Å². The summed E-state index contributed by atoms with van der Waals surface area (Å²) in [7, 11) is -3.42. The highest BCUT2D eigenvalue weighted by atomic mass is 32.2. The van der Waals surface area contributed by atoms with E-state index in [9.17, 15) is 8.42 Å². The molecule has 1 saturated heterocycles. The fraction of sp³-hybridized carbons (Fsp3) is 0.714. The first-order valence-corrected chi connectivity index (χ1v) is 9.68. The summed E-state index contributed by atoms with van der Waals surface area (Å²) in [5, 5.41) is 5.03. The van der Waals surface area contributed by atoms with Crippen molar-refractivity contribution in [3.05, 3.63) is 16.3 Å². The number of rotatable bonds is 6. The van der Waals surface area contributed by atoms with E-state index in [4.69, 9.17) is 4.74 Å². The third-order valence-electron chi connectivity index (χ3n) is 3.51. The lowest BCUT2D eigenvalue weighted by molar-refractivity contribution is -0.0170. The topological polar surface area (TPSA) is 58.6 Å². The van der Waals surface area contributed by atoms with Gasteiger partial charge >= 0.3 is 0 Å². The number of sulfonamides is 1. The third kappa shape index (κ3) is 4.04. The fourth-order valence-corrected chi connectivity index (χ4v) is 5.24.